The van der Waals surface area contributed by atoms with Crippen LogP contribution in [-0.4, -0.2) is 23.3 Å². The van der Waals surface area contributed by atoms with Gasteiger partial charge in [0.1, 0.15) is 5.03 Å². The number of nitrogens with one attached hydrogen (secondary N) is 1. The Balaban J connectivity index is 2.74. The van der Waals surface area contributed by atoms with E-state index in [0.717, 1.165) is 11.8 Å². The number of carbonyl (C=O) groups excluding carboxylic acids is 1. The average molecular weight is 296 g/mol. The summed E-state index contributed by atoms with van der Waals surface area (Å²) >= 11 is 12.9. The van der Waals surface area contributed by atoms with Crippen LogP contribution in [0.1, 0.15) is 6.92 Å². The normalized spacial score (nSPS) is 10.1. The van der Waals surface area contributed by atoms with E-state index in [-0.39, 0.29) is 11.7 Å². The number of ether oxygens (including phenoxy) is 1. The number of nitrogens with zero attached hydrogens (tertiary/aromatic N) is 1. The molecule has 0 unspecified atom stereocenters. The number of rotatable bonds is 5. The van der Waals surface area contributed by atoms with Crippen LogP contribution in [0.2, 0.25) is 10.0 Å². The molecule has 0 bridgehead atoms. The Hall–Kier alpha value is -0.690. The van der Waals surface area contributed by atoms with Gasteiger partial charge in [0.15, 0.2) is 5.82 Å². The van der Waals surface area contributed by atoms with Gasteiger partial charge in [-0.05, 0) is 13.0 Å². The molecule has 0 spiro atoms. The molecule has 1 rings (SSSR count). The maximum atomic E-state index is 11.2. The van der Waals surface area contributed by atoms with Crippen molar-refractivity contribution >= 4 is 46.8 Å². The van der Waals surface area contributed by atoms with E-state index in [1.807, 2.05) is 0 Å². The van der Waals surface area contributed by atoms with Gasteiger partial charge in [-0.25, -0.2) is 10.8 Å². The Morgan fingerprint density at radius 1 is 1.59 bits per heavy atom. The predicted octanol–water partition coefficient (Wildman–Crippen LogP) is 2.33. The number of pyridine rings is 1. The zero-order valence-electron chi connectivity index (χ0n) is 9.00. The van der Waals surface area contributed by atoms with Crippen molar-refractivity contribution < 1.29 is 9.53 Å². The van der Waals surface area contributed by atoms with Gasteiger partial charge in [0.2, 0.25) is 0 Å². The summed E-state index contributed by atoms with van der Waals surface area (Å²) in [6, 6.07) is 1.51. The minimum absolute atomic E-state index is 0.131. The molecule has 17 heavy (non-hydrogen) atoms. The number of hydrazine groups is 1. The molecule has 0 saturated heterocycles. The van der Waals surface area contributed by atoms with Gasteiger partial charge in [-0.3, -0.25) is 4.79 Å². The van der Waals surface area contributed by atoms with E-state index >= 15 is 0 Å². The third kappa shape index (κ3) is 4.23. The van der Waals surface area contributed by atoms with Crippen molar-refractivity contribution in [2.45, 2.75) is 11.9 Å². The molecule has 0 atom stereocenters. The lowest BCUT2D eigenvalue weighted by Gasteiger charge is -2.07. The molecule has 1 aromatic heterocycles. The summed E-state index contributed by atoms with van der Waals surface area (Å²) < 4.78 is 4.79. The average Bonchev–Trinajstić information content (AvgIpc) is 2.28. The Kier molecular flexibility index (Phi) is 5.84. The lowest BCUT2D eigenvalue weighted by atomic mass is 10.4. The number of carbonyl (C=O) groups is 1. The molecule has 0 aliphatic rings. The fourth-order valence-electron chi connectivity index (χ4n) is 0.982. The van der Waals surface area contributed by atoms with E-state index in [4.69, 9.17) is 33.8 Å². The van der Waals surface area contributed by atoms with E-state index in [9.17, 15) is 4.79 Å². The highest BCUT2D eigenvalue weighted by atomic mass is 35.5. The standard InChI is InChI=1S/C9H11Cl2N3O2S/c1-2-16-7(15)4-17-9-6(11)3-5(10)8(13-9)14-12/h3H,2,4,12H2,1H3,(H,13,14). The molecule has 0 aliphatic carbocycles. The SMILES string of the molecule is CCOC(=O)CSc1nc(NN)c(Cl)cc1Cl. The van der Waals surface area contributed by atoms with Crippen LogP contribution in [0.15, 0.2) is 11.1 Å². The molecule has 8 heteroatoms. The monoisotopic (exact) mass is 295 g/mol. The van der Waals surface area contributed by atoms with Crippen molar-refractivity contribution in [3.63, 3.8) is 0 Å². The van der Waals surface area contributed by atoms with E-state index in [1.165, 1.54) is 6.07 Å². The third-order valence-electron chi connectivity index (χ3n) is 1.67. The zero-order chi connectivity index (χ0) is 12.8. The summed E-state index contributed by atoms with van der Waals surface area (Å²) in [5, 5.41) is 1.15. The van der Waals surface area contributed by atoms with E-state index in [2.05, 4.69) is 10.4 Å². The summed E-state index contributed by atoms with van der Waals surface area (Å²) in [5.41, 5.74) is 2.34. The first-order chi connectivity index (χ1) is 8.08. The number of nitrogen functional groups attached to an aromatic ring is 1. The number of aromatic nitrogens is 1. The number of nitrogens with two attached hydrogens (primary N) is 1. The molecule has 0 saturated carbocycles. The largest absolute Gasteiger partial charge is 0.465 e. The van der Waals surface area contributed by atoms with Crippen molar-refractivity contribution in [2.75, 3.05) is 17.8 Å². The minimum atomic E-state index is -0.326. The highest BCUT2D eigenvalue weighted by Crippen LogP contribution is 2.31. The highest BCUT2D eigenvalue weighted by Gasteiger charge is 2.11. The topological polar surface area (TPSA) is 77.2 Å². The van der Waals surface area contributed by atoms with E-state index in [1.54, 1.807) is 6.92 Å². The molecule has 0 aliphatic heterocycles. The fraction of sp³-hybridized carbons (Fsp3) is 0.333. The van der Waals surface area contributed by atoms with Crippen molar-refractivity contribution in [3.05, 3.63) is 16.1 Å². The Labute approximate surface area is 113 Å². The Bertz CT molecular complexity index is 417. The number of halogens is 2. The second-order valence-corrected chi connectivity index (χ2v) is 4.62. The number of anilines is 1. The van der Waals surface area contributed by atoms with Crippen molar-refractivity contribution in [3.8, 4) is 0 Å². The molecule has 1 aromatic rings. The number of hydrogen-bond acceptors (Lipinski definition) is 6. The van der Waals surface area contributed by atoms with Crippen LogP contribution < -0.4 is 11.3 Å². The maximum absolute atomic E-state index is 11.2. The molecule has 1 heterocycles. The maximum Gasteiger partial charge on any atom is 0.316 e. The number of esters is 1. The van der Waals surface area contributed by atoms with Crippen LogP contribution in [0.4, 0.5) is 5.82 Å². The lowest BCUT2D eigenvalue weighted by molar-refractivity contribution is -0.139. The van der Waals surface area contributed by atoms with Gasteiger partial charge in [-0.2, -0.15) is 0 Å². The van der Waals surface area contributed by atoms with Crippen LogP contribution in [0.5, 0.6) is 0 Å². The van der Waals surface area contributed by atoms with Crippen LogP contribution >= 0.6 is 35.0 Å². The molecule has 3 N–H and O–H groups in total. The predicted molar refractivity (Wildman–Crippen MR) is 69.4 cm³/mol. The minimum Gasteiger partial charge on any atom is -0.465 e. The Morgan fingerprint density at radius 3 is 2.88 bits per heavy atom. The highest BCUT2D eigenvalue weighted by molar-refractivity contribution is 8.00. The fourth-order valence-corrected chi connectivity index (χ4v) is 2.25. The van der Waals surface area contributed by atoms with Crippen molar-refractivity contribution in [1.29, 1.82) is 0 Å². The molecule has 5 nitrogen and oxygen atoms in total. The van der Waals surface area contributed by atoms with Crippen LogP contribution in [0.25, 0.3) is 0 Å². The molecule has 94 valence electrons. The summed E-state index contributed by atoms with van der Waals surface area (Å²) in [6.45, 7) is 2.09. The first-order valence-corrected chi connectivity index (χ1v) is 6.43. The van der Waals surface area contributed by atoms with Gasteiger partial charge in [0, 0.05) is 0 Å². The Morgan fingerprint density at radius 2 is 2.29 bits per heavy atom. The first-order valence-electron chi connectivity index (χ1n) is 4.69. The smallest absolute Gasteiger partial charge is 0.316 e. The van der Waals surface area contributed by atoms with Crippen LogP contribution in [-0.2, 0) is 9.53 Å². The van der Waals surface area contributed by atoms with Gasteiger partial charge < -0.3 is 10.2 Å². The van der Waals surface area contributed by atoms with Crippen LogP contribution in [0, 0.1) is 0 Å². The van der Waals surface area contributed by atoms with Crippen molar-refractivity contribution in [2.24, 2.45) is 5.84 Å². The summed E-state index contributed by atoms with van der Waals surface area (Å²) in [7, 11) is 0. The molecular weight excluding hydrogens is 285 g/mol. The summed E-state index contributed by atoms with van der Waals surface area (Å²) in [6.07, 6.45) is 0. The van der Waals surface area contributed by atoms with Gasteiger partial charge in [0.05, 0.1) is 22.4 Å². The van der Waals surface area contributed by atoms with Gasteiger partial charge in [-0.1, -0.05) is 35.0 Å². The number of hydrogen-bond donors (Lipinski definition) is 2. The first kappa shape index (κ1) is 14.4. The quantitative estimate of drug-likeness (QED) is 0.376. The van der Waals surface area contributed by atoms with Crippen LogP contribution in [0.3, 0.4) is 0 Å². The lowest BCUT2D eigenvalue weighted by Crippen LogP contribution is -2.10. The molecule has 0 radical (unpaired) electrons. The second-order valence-electron chi connectivity index (χ2n) is 2.84. The summed E-state index contributed by atoms with van der Waals surface area (Å²) in [4.78, 5) is 15.2. The molecule has 0 aromatic carbocycles. The van der Waals surface area contributed by atoms with Gasteiger partial charge in [-0.15, -0.1) is 0 Å². The van der Waals surface area contributed by atoms with Crippen molar-refractivity contribution in [1.82, 2.24) is 4.98 Å². The van der Waals surface area contributed by atoms with Gasteiger partial charge in [0.25, 0.3) is 0 Å². The zero-order valence-corrected chi connectivity index (χ0v) is 11.3. The molecule has 0 fully saturated rings. The third-order valence-corrected chi connectivity index (χ3v) is 3.32. The molecule has 0 amide bonds. The number of thioether (sulfide) groups is 1. The van der Waals surface area contributed by atoms with Gasteiger partial charge >= 0.3 is 5.97 Å². The van der Waals surface area contributed by atoms with E-state index in [0.29, 0.717) is 27.5 Å². The molecular formula is C9H11Cl2N3O2S. The summed E-state index contributed by atoms with van der Waals surface area (Å²) in [5.74, 6) is 5.34. The second kappa shape index (κ2) is 6.90. The van der Waals surface area contributed by atoms with E-state index < -0.39 is 0 Å².